The molecule has 0 fully saturated rings. The Balaban J connectivity index is 2.45. The third kappa shape index (κ3) is 10.8. The first kappa shape index (κ1) is 23.8. The lowest BCUT2D eigenvalue weighted by Gasteiger charge is -2.13. The van der Waals surface area contributed by atoms with Crippen LogP contribution in [0.1, 0.15) is 70.4 Å². The average molecular weight is 391 g/mol. The number of nitrogens with zero attached hydrogens (tertiary/aromatic N) is 1. The first-order valence-corrected chi connectivity index (χ1v) is 10.2. The maximum atomic E-state index is 11.2. The second-order valence-corrected chi connectivity index (χ2v) is 6.93. The molecule has 6 nitrogen and oxygen atoms in total. The summed E-state index contributed by atoms with van der Waals surface area (Å²) in [6.45, 7) is 2.20. The first-order valence-electron chi connectivity index (χ1n) is 10.2. The lowest BCUT2D eigenvalue weighted by Crippen LogP contribution is -2.23. The highest BCUT2D eigenvalue weighted by Gasteiger charge is 2.11. The quantitative estimate of drug-likeness (QED) is 0.266. The van der Waals surface area contributed by atoms with Gasteiger partial charge in [0.1, 0.15) is 12.1 Å². The fourth-order valence-electron chi connectivity index (χ4n) is 2.80. The Kier molecular flexibility index (Phi) is 12.6. The van der Waals surface area contributed by atoms with Crippen LogP contribution in [-0.2, 0) is 14.3 Å². The molecule has 0 aliphatic carbocycles. The summed E-state index contributed by atoms with van der Waals surface area (Å²) in [7, 11) is 1.32. The molecule has 0 aliphatic rings. The summed E-state index contributed by atoms with van der Waals surface area (Å²) in [6, 6.07) is 4.92. The Morgan fingerprint density at radius 3 is 2.68 bits per heavy atom. The van der Waals surface area contributed by atoms with Gasteiger partial charge in [-0.25, -0.2) is 4.98 Å². The van der Waals surface area contributed by atoms with Crippen LogP contribution in [0.2, 0.25) is 0 Å². The van der Waals surface area contributed by atoms with Crippen molar-refractivity contribution in [3.05, 3.63) is 30.0 Å². The fraction of sp³-hybridized carbons (Fsp3) is 0.591. The van der Waals surface area contributed by atoms with E-state index in [0.29, 0.717) is 17.9 Å². The van der Waals surface area contributed by atoms with E-state index in [4.69, 9.17) is 0 Å². The number of esters is 1. The number of hydrogen-bond donors (Lipinski definition) is 2. The number of nitrogens with one attached hydrogen (secondary N) is 1. The molecule has 2 unspecified atom stereocenters. The van der Waals surface area contributed by atoms with Crippen molar-refractivity contribution >= 4 is 24.1 Å². The van der Waals surface area contributed by atoms with Crippen molar-refractivity contribution in [1.29, 1.82) is 0 Å². The predicted octanol–water partition coefficient (Wildman–Crippen LogP) is 4.14. The lowest BCUT2D eigenvalue weighted by atomic mass is 10.1. The molecule has 28 heavy (non-hydrogen) atoms. The van der Waals surface area contributed by atoms with Gasteiger partial charge in [-0.3, -0.25) is 4.79 Å². The summed E-state index contributed by atoms with van der Waals surface area (Å²) in [5, 5.41) is 13.1. The van der Waals surface area contributed by atoms with Gasteiger partial charge in [-0.1, -0.05) is 57.6 Å². The summed E-state index contributed by atoms with van der Waals surface area (Å²) in [4.78, 5) is 26.8. The minimum absolute atomic E-state index is 0.164. The zero-order chi connectivity index (χ0) is 20.6. The average Bonchev–Trinajstić information content (AvgIpc) is 2.72. The molecule has 2 atom stereocenters. The first-order chi connectivity index (χ1) is 13.6. The highest BCUT2D eigenvalue weighted by Crippen LogP contribution is 2.12. The predicted molar refractivity (Wildman–Crippen MR) is 112 cm³/mol. The van der Waals surface area contributed by atoms with Gasteiger partial charge in [0.05, 0.1) is 24.9 Å². The van der Waals surface area contributed by atoms with Crippen LogP contribution in [0.3, 0.4) is 0 Å². The minimum atomic E-state index is -0.510. The summed E-state index contributed by atoms with van der Waals surface area (Å²) < 4.78 is 4.59. The van der Waals surface area contributed by atoms with E-state index in [-0.39, 0.29) is 12.4 Å². The van der Waals surface area contributed by atoms with Crippen LogP contribution in [-0.4, -0.2) is 41.6 Å². The second-order valence-electron chi connectivity index (χ2n) is 6.93. The number of carbonyl (C=O) groups is 2. The molecule has 0 bridgehead atoms. The molecular weight excluding hydrogens is 356 g/mol. The van der Waals surface area contributed by atoms with Crippen molar-refractivity contribution < 1.29 is 19.4 Å². The van der Waals surface area contributed by atoms with Crippen molar-refractivity contribution in [2.24, 2.45) is 0 Å². The van der Waals surface area contributed by atoms with E-state index in [1.807, 2.05) is 12.1 Å². The van der Waals surface area contributed by atoms with Crippen LogP contribution in [0.15, 0.2) is 24.3 Å². The molecule has 156 valence electrons. The molecule has 1 rings (SSSR count). The zero-order valence-corrected chi connectivity index (χ0v) is 17.1. The van der Waals surface area contributed by atoms with Gasteiger partial charge in [0.15, 0.2) is 0 Å². The number of aliphatic hydroxyl groups excluding tert-OH is 1. The van der Waals surface area contributed by atoms with Gasteiger partial charge in [0.2, 0.25) is 0 Å². The Morgan fingerprint density at radius 2 is 1.96 bits per heavy atom. The summed E-state index contributed by atoms with van der Waals surface area (Å²) >= 11 is 0. The van der Waals surface area contributed by atoms with E-state index < -0.39 is 12.1 Å². The van der Waals surface area contributed by atoms with Gasteiger partial charge in [0, 0.05) is 6.42 Å². The fourth-order valence-corrected chi connectivity index (χ4v) is 2.80. The SMILES string of the molecule is CCCCCCCCC(O)/C=C/c1cccc(NC(C=O)CCC(=O)OC)n1. The molecule has 0 aromatic carbocycles. The summed E-state index contributed by atoms with van der Waals surface area (Å²) in [6.07, 6.45) is 12.3. The Hall–Kier alpha value is -2.21. The number of pyridine rings is 1. The third-order valence-corrected chi connectivity index (χ3v) is 4.50. The number of aliphatic hydroxyl groups is 1. The smallest absolute Gasteiger partial charge is 0.305 e. The highest BCUT2D eigenvalue weighted by atomic mass is 16.5. The normalized spacial score (nSPS) is 13.2. The second kappa shape index (κ2) is 14.8. The van der Waals surface area contributed by atoms with E-state index in [0.717, 1.165) is 25.5 Å². The van der Waals surface area contributed by atoms with E-state index >= 15 is 0 Å². The van der Waals surface area contributed by atoms with Gasteiger partial charge in [0.25, 0.3) is 0 Å². The van der Waals surface area contributed by atoms with Crippen molar-refractivity contribution in [3.63, 3.8) is 0 Å². The van der Waals surface area contributed by atoms with Gasteiger partial charge in [-0.15, -0.1) is 0 Å². The number of carbonyl (C=O) groups excluding carboxylic acids is 2. The number of anilines is 1. The summed E-state index contributed by atoms with van der Waals surface area (Å²) in [5.74, 6) is 0.201. The van der Waals surface area contributed by atoms with Gasteiger partial charge in [-0.05, 0) is 31.1 Å². The molecule has 1 aromatic rings. The highest BCUT2D eigenvalue weighted by molar-refractivity contribution is 5.71. The molecule has 1 heterocycles. The molecule has 2 N–H and O–H groups in total. The summed E-state index contributed by atoms with van der Waals surface area (Å²) in [5.41, 5.74) is 0.699. The third-order valence-electron chi connectivity index (χ3n) is 4.50. The molecule has 6 heteroatoms. The van der Waals surface area contributed by atoms with Crippen LogP contribution >= 0.6 is 0 Å². The molecule has 0 amide bonds. The van der Waals surface area contributed by atoms with Crippen molar-refractivity contribution in [2.45, 2.75) is 76.9 Å². The number of rotatable bonds is 15. The minimum Gasteiger partial charge on any atom is -0.469 e. The van der Waals surface area contributed by atoms with E-state index in [1.54, 1.807) is 18.2 Å². The molecule has 0 saturated heterocycles. The Labute approximate surface area is 168 Å². The molecule has 0 saturated carbocycles. The van der Waals surface area contributed by atoms with Crippen LogP contribution in [0.4, 0.5) is 5.82 Å². The number of hydrogen-bond acceptors (Lipinski definition) is 6. The Morgan fingerprint density at radius 1 is 1.21 bits per heavy atom. The topological polar surface area (TPSA) is 88.5 Å². The van der Waals surface area contributed by atoms with Crippen molar-refractivity contribution in [3.8, 4) is 0 Å². The molecule has 1 aromatic heterocycles. The van der Waals surface area contributed by atoms with E-state index in [2.05, 4.69) is 22.0 Å². The van der Waals surface area contributed by atoms with E-state index in [9.17, 15) is 14.7 Å². The number of ether oxygens (including phenoxy) is 1. The Bertz CT molecular complexity index is 604. The van der Waals surface area contributed by atoms with Crippen LogP contribution < -0.4 is 5.32 Å². The largest absolute Gasteiger partial charge is 0.469 e. The van der Waals surface area contributed by atoms with Gasteiger partial charge >= 0.3 is 5.97 Å². The van der Waals surface area contributed by atoms with Crippen molar-refractivity contribution in [1.82, 2.24) is 4.98 Å². The van der Waals surface area contributed by atoms with Crippen LogP contribution in [0, 0.1) is 0 Å². The van der Waals surface area contributed by atoms with Crippen LogP contribution in [0.5, 0.6) is 0 Å². The standard InChI is InChI=1S/C22H34N2O4/c1-3-4-5-6-7-8-11-20(26)15-13-18-10-9-12-21(23-18)24-19(17-25)14-16-22(27)28-2/h9-10,12-13,15,17,19-20,26H,3-8,11,14,16H2,1-2H3,(H,23,24)/b15-13+. The maximum Gasteiger partial charge on any atom is 0.305 e. The number of aldehydes is 1. The molecular formula is C22H34N2O4. The maximum absolute atomic E-state index is 11.2. The number of methoxy groups -OCH3 is 1. The molecule has 0 aliphatic heterocycles. The number of aromatic nitrogens is 1. The number of unbranched alkanes of at least 4 members (excludes halogenated alkanes) is 5. The van der Waals surface area contributed by atoms with Gasteiger partial charge < -0.3 is 20.0 Å². The monoisotopic (exact) mass is 390 g/mol. The molecule has 0 radical (unpaired) electrons. The van der Waals surface area contributed by atoms with Crippen LogP contribution in [0.25, 0.3) is 6.08 Å². The van der Waals surface area contributed by atoms with E-state index in [1.165, 1.54) is 32.8 Å². The van der Waals surface area contributed by atoms with Gasteiger partial charge in [-0.2, -0.15) is 0 Å². The molecule has 0 spiro atoms. The zero-order valence-electron chi connectivity index (χ0n) is 17.1. The lowest BCUT2D eigenvalue weighted by molar-refractivity contribution is -0.140. The van der Waals surface area contributed by atoms with Crippen molar-refractivity contribution in [2.75, 3.05) is 12.4 Å².